The van der Waals surface area contributed by atoms with Crippen molar-refractivity contribution in [2.75, 3.05) is 6.54 Å². The molecule has 116 valence electrons. The molecule has 0 aliphatic heterocycles. The van der Waals surface area contributed by atoms with Crippen LogP contribution in [0, 0.1) is 0 Å². The number of nitrogens with zero attached hydrogens (tertiary/aromatic N) is 2. The summed E-state index contributed by atoms with van der Waals surface area (Å²) in [6, 6.07) is 6.81. The number of benzene rings is 1. The molecular formula is C15H12BrCl3N2O. The van der Waals surface area contributed by atoms with E-state index in [1.807, 2.05) is 13.0 Å². The summed E-state index contributed by atoms with van der Waals surface area (Å²) < 4.78 is 0.461. The van der Waals surface area contributed by atoms with Crippen molar-refractivity contribution < 1.29 is 4.79 Å². The van der Waals surface area contributed by atoms with Crippen LogP contribution in [0.2, 0.25) is 15.1 Å². The number of hydrogen-bond donors (Lipinski definition) is 0. The van der Waals surface area contributed by atoms with Gasteiger partial charge in [0.2, 0.25) is 0 Å². The standard InChI is InChI=1S/C15H12BrCl3N2O/c1-2-21(8-9-3-4-10(17)6-13(9)19)15(22)12-5-11(18)7-20-14(12)16/h3-7H,2,8H2,1H3. The molecule has 0 aliphatic rings. The van der Waals surface area contributed by atoms with E-state index in [0.717, 1.165) is 5.56 Å². The maximum absolute atomic E-state index is 12.7. The van der Waals surface area contributed by atoms with Crippen LogP contribution in [0.1, 0.15) is 22.8 Å². The molecule has 1 aromatic carbocycles. The Balaban J connectivity index is 2.27. The first kappa shape index (κ1) is 17.5. The molecule has 0 radical (unpaired) electrons. The number of pyridine rings is 1. The number of aromatic nitrogens is 1. The lowest BCUT2D eigenvalue weighted by Crippen LogP contribution is -2.30. The van der Waals surface area contributed by atoms with E-state index in [0.29, 0.717) is 38.3 Å². The summed E-state index contributed by atoms with van der Waals surface area (Å²) in [6.45, 7) is 2.80. The summed E-state index contributed by atoms with van der Waals surface area (Å²) in [5.41, 5.74) is 1.24. The first-order valence-corrected chi connectivity index (χ1v) is 8.39. The number of amides is 1. The van der Waals surface area contributed by atoms with E-state index < -0.39 is 0 Å². The van der Waals surface area contributed by atoms with E-state index in [2.05, 4.69) is 20.9 Å². The fourth-order valence-electron chi connectivity index (χ4n) is 1.93. The van der Waals surface area contributed by atoms with Crippen molar-refractivity contribution in [3.8, 4) is 0 Å². The Bertz CT molecular complexity index is 709. The molecule has 1 amide bonds. The summed E-state index contributed by atoms with van der Waals surface area (Å²) in [6.07, 6.45) is 1.48. The van der Waals surface area contributed by atoms with Gasteiger partial charge in [-0.2, -0.15) is 0 Å². The van der Waals surface area contributed by atoms with E-state index in [1.165, 1.54) is 6.20 Å². The van der Waals surface area contributed by atoms with E-state index in [4.69, 9.17) is 34.8 Å². The monoisotopic (exact) mass is 420 g/mol. The molecule has 1 heterocycles. The third-order valence-electron chi connectivity index (χ3n) is 3.08. The Morgan fingerprint density at radius 2 is 1.95 bits per heavy atom. The van der Waals surface area contributed by atoms with Gasteiger partial charge in [0.1, 0.15) is 4.60 Å². The van der Waals surface area contributed by atoms with Crippen LogP contribution in [0.4, 0.5) is 0 Å². The smallest absolute Gasteiger partial charge is 0.256 e. The lowest BCUT2D eigenvalue weighted by molar-refractivity contribution is 0.0751. The average Bonchev–Trinajstić information content (AvgIpc) is 2.48. The minimum atomic E-state index is -0.171. The zero-order valence-corrected chi connectivity index (χ0v) is 15.5. The maximum Gasteiger partial charge on any atom is 0.256 e. The molecular weight excluding hydrogens is 410 g/mol. The van der Waals surface area contributed by atoms with Gasteiger partial charge in [0, 0.05) is 29.3 Å². The number of rotatable bonds is 4. The average molecular weight is 423 g/mol. The highest BCUT2D eigenvalue weighted by Gasteiger charge is 2.19. The Morgan fingerprint density at radius 1 is 1.23 bits per heavy atom. The van der Waals surface area contributed by atoms with Crippen molar-refractivity contribution in [2.24, 2.45) is 0 Å². The Labute approximate surface area is 152 Å². The van der Waals surface area contributed by atoms with Crippen molar-refractivity contribution in [3.05, 3.63) is 61.3 Å². The molecule has 0 aliphatic carbocycles. The van der Waals surface area contributed by atoms with Crippen molar-refractivity contribution in [2.45, 2.75) is 13.5 Å². The lowest BCUT2D eigenvalue weighted by Gasteiger charge is -2.22. The molecule has 2 rings (SSSR count). The van der Waals surface area contributed by atoms with E-state index in [9.17, 15) is 4.79 Å². The van der Waals surface area contributed by atoms with E-state index in [-0.39, 0.29) is 5.91 Å². The summed E-state index contributed by atoms with van der Waals surface area (Å²) in [4.78, 5) is 18.4. The van der Waals surface area contributed by atoms with Gasteiger partial charge < -0.3 is 4.90 Å². The molecule has 0 spiro atoms. The third-order valence-corrected chi connectivity index (χ3v) is 4.51. The second kappa shape index (κ2) is 7.64. The lowest BCUT2D eigenvalue weighted by atomic mass is 10.2. The molecule has 7 heteroatoms. The van der Waals surface area contributed by atoms with E-state index in [1.54, 1.807) is 23.1 Å². The third kappa shape index (κ3) is 4.13. The van der Waals surface area contributed by atoms with Crippen LogP contribution >= 0.6 is 50.7 Å². The number of carbonyl (C=O) groups is 1. The van der Waals surface area contributed by atoms with Crippen LogP contribution in [-0.4, -0.2) is 22.3 Å². The maximum atomic E-state index is 12.7. The molecule has 0 unspecified atom stereocenters. The number of hydrogen-bond acceptors (Lipinski definition) is 2. The van der Waals surface area contributed by atoms with Crippen molar-refractivity contribution in [3.63, 3.8) is 0 Å². The van der Waals surface area contributed by atoms with Crippen LogP contribution in [0.25, 0.3) is 0 Å². The highest BCUT2D eigenvalue weighted by molar-refractivity contribution is 9.10. The Hall–Kier alpha value is -0.810. The summed E-state index contributed by atoms with van der Waals surface area (Å²) in [5.74, 6) is -0.171. The normalized spacial score (nSPS) is 10.6. The van der Waals surface area contributed by atoms with Gasteiger partial charge in [-0.1, -0.05) is 40.9 Å². The fourth-order valence-corrected chi connectivity index (χ4v) is 2.94. The molecule has 22 heavy (non-hydrogen) atoms. The second-order valence-electron chi connectivity index (χ2n) is 4.55. The van der Waals surface area contributed by atoms with Gasteiger partial charge in [0.15, 0.2) is 0 Å². The molecule has 0 bridgehead atoms. The van der Waals surface area contributed by atoms with Gasteiger partial charge in [0.25, 0.3) is 5.91 Å². The Kier molecular flexibility index (Phi) is 6.09. The zero-order chi connectivity index (χ0) is 16.3. The number of carbonyl (C=O) groups excluding carboxylic acids is 1. The minimum absolute atomic E-state index is 0.171. The van der Waals surface area contributed by atoms with Crippen LogP contribution in [-0.2, 0) is 6.54 Å². The highest BCUT2D eigenvalue weighted by atomic mass is 79.9. The van der Waals surface area contributed by atoms with Gasteiger partial charge in [-0.15, -0.1) is 0 Å². The van der Waals surface area contributed by atoms with Gasteiger partial charge in [-0.05, 0) is 46.6 Å². The van der Waals surface area contributed by atoms with Gasteiger partial charge in [-0.3, -0.25) is 4.79 Å². The van der Waals surface area contributed by atoms with Crippen molar-refractivity contribution in [1.29, 1.82) is 0 Å². The van der Waals surface area contributed by atoms with E-state index >= 15 is 0 Å². The summed E-state index contributed by atoms with van der Waals surface area (Å²) in [7, 11) is 0. The van der Waals surface area contributed by atoms with Crippen molar-refractivity contribution in [1.82, 2.24) is 9.88 Å². The molecule has 0 saturated heterocycles. The topological polar surface area (TPSA) is 33.2 Å². The Morgan fingerprint density at radius 3 is 2.59 bits per heavy atom. The predicted molar refractivity (Wildman–Crippen MR) is 93.8 cm³/mol. The first-order chi connectivity index (χ1) is 10.4. The predicted octanol–water partition coefficient (Wildman–Crippen LogP) is 5.47. The highest BCUT2D eigenvalue weighted by Crippen LogP contribution is 2.24. The number of halogens is 4. The molecule has 0 saturated carbocycles. The summed E-state index contributed by atoms with van der Waals surface area (Å²) in [5, 5.41) is 1.50. The SMILES string of the molecule is CCN(Cc1ccc(Cl)cc1Cl)C(=O)c1cc(Cl)cnc1Br. The zero-order valence-electron chi connectivity index (χ0n) is 11.6. The van der Waals surface area contributed by atoms with Gasteiger partial charge >= 0.3 is 0 Å². The second-order valence-corrected chi connectivity index (χ2v) is 6.58. The van der Waals surface area contributed by atoms with Gasteiger partial charge in [0.05, 0.1) is 10.6 Å². The first-order valence-electron chi connectivity index (χ1n) is 6.46. The van der Waals surface area contributed by atoms with Crippen LogP contribution in [0.15, 0.2) is 35.1 Å². The molecule has 2 aromatic rings. The van der Waals surface area contributed by atoms with Crippen LogP contribution in [0.5, 0.6) is 0 Å². The molecule has 0 fully saturated rings. The molecule has 1 aromatic heterocycles. The van der Waals surface area contributed by atoms with Gasteiger partial charge in [-0.25, -0.2) is 4.98 Å². The van der Waals surface area contributed by atoms with Crippen LogP contribution < -0.4 is 0 Å². The fraction of sp³-hybridized carbons (Fsp3) is 0.200. The molecule has 3 nitrogen and oxygen atoms in total. The van der Waals surface area contributed by atoms with Crippen LogP contribution in [0.3, 0.4) is 0 Å². The largest absolute Gasteiger partial charge is 0.334 e. The van der Waals surface area contributed by atoms with Crippen molar-refractivity contribution >= 4 is 56.6 Å². The molecule has 0 N–H and O–H groups in total. The summed E-state index contributed by atoms with van der Waals surface area (Å²) >= 11 is 21.3. The minimum Gasteiger partial charge on any atom is -0.334 e. The molecule has 0 atom stereocenters. The quantitative estimate of drug-likeness (QED) is 0.613.